The minimum absolute atomic E-state index is 0.0646. The zero-order valence-corrected chi connectivity index (χ0v) is 12.9. The molecule has 23 heavy (non-hydrogen) atoms. The van der Waals surface area contributed by atoms with Crippen molar-refractivity contribution in [3.8, 4) is 0 Å². The lowest BCUT2D eigenvalue weighted by molar-refractivity contribution is -0.123. The molecule has 1 fully saturated rings. The zero-order valence-electron chi connectivity index (χ0n) is 12.9. The highest BCUT2D eigenvalue weighted by atomic mass is 16.2. The molecule has 2 atom stereocenters. The number of hydrogen-bond donors (Lipinski definition) is 2. The van der Waals surface area contributed by atoms with Gasteiger partial charge < -0.3 is 16.0 Å². The van der Waals surface area contributed by atoms with E-state index in [1.165, 1.54) is 0 Å². The van der Waals surface area contributed by atoms with Gasteiger partial charge in [-0.3, -0.25) is 4.79 Å². The molecule has 0 spiro atoms. The lowest BCUT2D eigenvalue weighted by Crippen LogP contribution is -2.50. The molecule has 6 nitrogen and oxygen atoms in total. The van der Waals surface area contributed by atoms with Crippen molar-refractivity contribution in [3.05, 3.63) is 54.4 Å². The Bertz CT molecular complexity index is 634. The molecule has 0 saturated carbocycles. The minimum Gasteiger partial charge on any atom is -0.350 e. The fourth-order valence-electron chi connectivity index (χ4n) is 2.83. The largest absolute Gasteiger partial charge is 0.350 e. The number of carbonyl (C=O) groups is 1. The molecule has 0 radical (unpaired) electrons. The van der Waals surface area contributed by atoms with Crippen molar-refractivity contribution in [1.82, 2.24) is 15.3 Å². The monoisotopic (exact) mass is 311 g/mol. The second-order valence-electron chi connectivity index (χ2n) is 5.73. The van der Waals surface area contributed by atoms with Crippen LogP contribution in [0.2, 0.25) is 0 Å². The molecule has 3 rings (SSSR count). The number of amides is 1. The first-order valence-electron chi connectivity index (χ1n) is 7.87. The molecule has 2 unspecified atom stereocenters. The van der Waals surface area contributed by atoms with Crippen molar-refractivity contribution < 1.29 is 4.79 Å². The fraction of sp³-hybridized carbons (Fsp3) is 0.353. The number of carbonyl (C=O) groups excluding carboxylic acids is 1. The van der Waals surface area contributed by atoms with Gasteiger partial charge in [0.15, 0.2) is 0 Å². The Morgan fingerprint density at radius 3 is 2.70 bits per heavy atom. The predicted molar refractivity (Wildman–Crippen MR) is 88.8 cm³/mol. The van der Waals surface area contributed by atoms with Gasteiger partial charge in [-0.1, -0.05) is 30.3 Å². The van der Waals surface area contributed by atoms with Gasteiger partial charge in [-0.2, -0.15) is 0 Å². The standard InChI is InChI=1S/C17H21N5O/c18-15(13-6-2-1-3-7-13)16(23)21-14-8-4-11-22(12-14)17-19-9-5-10-20-17/h1-3,5-7,9-10,14-15H,4,8,11-12,18H2,(H,21,23). The van der Waals surface area contributed by atoms with E-state index in [1.807, 2.05) is 30.3 Å². The molecular formula is C17H21N5O. The number of rotatable bonds is 4. The Kier molecular flexibility index (Phi) is 4.83. The van der Waals surface area contributed by atoms with Crippen molar-refractivity contribution in [2.75, 3.05) is 18.0 Å². The Morgan fingerprint density at radius 1 is 1.22 bits per heavy atom. The van der Waals surface area contributed by atoms with Crippen LogP contribution < -0.4 is 16.0 Å². The summed E-state index contributed by atoms with van der Waals surface area (Å²) < 4.78 is 0. The first kappa shape index (κ1) is 15.4. The van der Waals surface area contributed by atoms with E-state index < -0.39 is 6.04 Å². The molecule has 0 aliphatic carbocycles. The Balaban J connectivity index is 1.60. The maximum atomic E-state index is 12.4. The van der Waals surface area contributed by atoms with Gasteiger partial charge in [-0.25, -0.2) is 9.97 Å². The number of nitrogens with one attached hydrogen (secondary N) is 1. The summed E-state index contributed by atoms with van der Waals surface area (Å²) in [6.07, 6.45) is 5.39. The summed E-state index contributed by atoms with van der Waals surface area (Å²) in [5.74, 6) is 0.566. The van der Waals surface area contributed by atoms with Crippen molar-refractivity contribution >= 4 is 11.9 Å². The highest BCUT2D eigenvalue weighted by molar-refractivity contribution is 5.83. The fourth-order valence-corrected chi connectivity index (χ4v) is 2.83. The van der Waals surface area contributed by atoms with Gasteiger partial charge in [0.05, 0.1) is 0 Å². The number of benzene rings is 1. The maximum absolute atomic E-state index is 12.4. The summed E-state index contributed by atoms with van der Waals surface area (Å²) in [6.45, 7) is 1.61. The van der Waals surface area contributed by atoms with Crippen LogP contribution in [0.4, 0.5) is 5.95 Å². The Morgan fingerprint density at radius 2 is 1.96 bits per heavy atom. The van der Waals surface area contributed by atoms with E-state index in [9.17, 15) is 4.79 Å². The highest BCUT2D eigenvalue weighted by Gasteiger charge is 2.25. The van der Waals surface area contributed by atoms with Crippen molar-refractivity contribution in [3.63, 3.8) is 0 Å². The second kappa shape index (κ2) is 7.19. The third-order valence-electron chi connectivity index (χ3n) is 4.04. The number of hydrogen-bond acceptors (Lipinski definition) is 5. The van der Waals surface area contributed by atoms with Crippen molar-refractivity contribution in [2.45, 2.75) is 24.9 Å². The summed E-state index contributed by atoms with van der Waals surface area (Å²) in [5.41, 5.74) is 6.87. The van der Waals surface area contributed by atoms with E-state index in [1.54, 1.807) is 18.5 Å². The average molecular weight is 311 g/mol. The van der Waals surface area contributed by atoms with Crippen LogP contribution >= 0.6 is 0 Å². The minimum atomic E-state index is -0.639. The van der Waals surface area contributed by atoms with E-state index in [-0.39, 0.29) is 11.9 Å². The lowest BCUT2D eigenvalue weighted by Gasteiger charge is -2.33. The van der Waals surface area contributed by atoms with Crippen LogP contribution in [0.5, 0.6) is 0 Å². The molecular weight excluding hydrogens is 290 g/mol. The first-order valence-corrected chi connectivity index (χ1v) is 7.87. The van der Waals surface area contributed by atoms with Gasteiger partial charge in [0, 0.05) is 31.5 Å². The summed E-state index contributed by atoms with van der Waals surface area (Å²) >= 11 is 0. The first-order chi connectivity index (χ1) is 11.2. The van der Waals surface area contributed by atoms with Gasteiger partial charge in [0.2, 0.25) is 11.9 Å². The number of nitrogens with two attached hydrogens (primary N) is 1. The van der Waals surface area contributed by atoms with E-state index in [0.29, 0.717) is 12.5 Å². The lowest BCUT2D eigenvalue weighted by atomic mass is 10.0. The number of piperidine rings is 1. The molecule has 1 aromatic heterocycles. The molecule has 0 bridgehead atoms. The smallest absolute Gasteiger partial charge is 0.241 e. The van der Waals surface area contributed by atoms with Crippen LogP contribution in [0.15, 0.2) is 48.8 Å². The van der Waals surface area contributed by atoms with E-state index >= 15 is 0 Å². The number of nitrogens with zero attached hydrogens (tertiary/aromatic N) is 3. The van der Waals surface area contributed by atoms with Gasteiger partial charge in [0.1, 0.15) is 6.04 Å². The average Bonchev–Trinajstić information content (AvgIpc) is 2.63. The summed E-state index contributed by atoms with van der Waals surface area (Å²) in [7, 11) is 0. The predicted octanol–water partition coefficient (Wildman–Crippen LogP) is 1.26. The molecule has 2 aromatic rings. The number of aromatic nitrogens is 2. The molecule has 1 aromatic carbocycles. The topological polar surface area (TPSA) is 84.1 Å². The molecule has 1 saturated heterocycles. The summed E-state index contributed by atoms with van der Waals surface area (Å²) in [4.78, 5) is 23.0. The van der Waals surface area contributed by atoms with Crippen molar-refractivity contribution in [2.24, 2.45) is 5.73 Å². The van der Waals surface area contributed by atoms with Gasteiger partial charge in [-0.05, 0) is 24.5 Å². The molecule has 6 heteroatoms. The SMILES string of the molecule is NC(C(=O)NC1CCCN(c2ncccn2)C1)c1ccccc1. The molecule has 1 amide bonds. The quantitative estimate of drug-likeness (QED) is 0.888. The van der Waals surface area contributed by atoms with Crippen LogP contribution in [-0.4, -0.2) is 35.0 Å². The normalized spacial score (nSPS) is 19.2. The second-order valence-corrected chi connectivity index (χ2v) is 5.73. The maximum Gasteiger partial charge on any atom is 0.241 e. The highest BCUT2D eigenvalue weighted by Crippen LogP contribution is 2.16. The third kappa shape index (κ3) is 3.84. The molecule has 1 aliphatic rings. The van der Waals surface area contributed by atoms with Gasteiger partial charge in [0.25, 0.3) is 0 Å². The summed E-state index contributed by atoms with van der Waals surface area (Å²) in [6, 6.07) is 10.6. The Labute approximate surface area is 135 Å². The van der Waals surface area contributed by atoms with Crippen LogP contribution in [0.1, 0.15) is 24.4 Å². The molecule has 3 N–H and O–H groups in total. The zero-order chi connectivity index (χ0) is 16.1. The van der Waals surface area contributed by atoms with Gasteiger partial charge in [-0.15, -0.1) is 0 Å². The van der Waals surface area contributed by atoms with E-state index in [2.05, 4.69) is 20.2 Å². The molecule has 2 heterocycles. The van der Waals surface area contributed by atoms with E-state index in [0.717, 1.165) is 24.9 Å². The number of anilines is 1. The van der Waals surface area contributed by atoms with Crippen LogP contribution in [0.3, 0.4) is 0 Å². The van der Waals surface area contributed by atoms with Gasteiger partial charge >= 0.3 is 0 Å². The van der Waals surface area contributed by atoms with Crippen LogP contribution in [0.25, 0.3) is 0 Å². The molecule has 1 aliphatic heterocycles. The van der Waals surface area contributed by atoms with E-state index in [4.69, 9.17) is 5.73 Å². The van der Waals surface area contributed by atoms with Crippen molar-refractivity contribution in [1.29, 1.82) is 0 Å². The van der Waals surface area contributed by atoms with Crippen LogP contribution in [0, 0.1) is 0 Å². The van der Waals surface area contributed by atoms with Crippen LogP contribution in [-0.2, 0) is 4.79 Å². The third-order valence-corrected chi connectivity index (χ3v) is 4.04. The molecule has 120 valence electrons. The summed E-state index contributed by atoms with van der Waals surface area (Å²) in [5, 5.41) is 3.06. The Hall–Kier alpha value is -2.47.